The molecule has 0 saturated carbocycles. The van der Waals surface area contributed by atoms with E-state index in [0.29, 0.717) is 19.4 Å². The van der Waals surface area contributed by atoms with Gasteiger partial charge in [-0.25, -0.2) is 0 Å². The normalized spacial score (nSPS) is 16.5. The van der Waals surface area contributed by atoms with Crippen LogP contribution in [-0.2, 0) is 38.4 Å². The van der Waals surface area contributed by atoms with Crippen LogP contribution in [0.15, 0.2) is 84.9 Å². The zero-order chi connectivity index (χ0) is 30.8. The maximum atomic E-state index is 13.6. The van der Waals surface area contributed by atoms with E-state index in [2.05, 4.69) is 16.0 Å². The predicted molar refractivity (Wildman–Crippen MR) is 163 cm³/mol. The fourth-order valence-corrected chi connectivity index (χ4v) is 5.32. The first kappa shape index (κ1) is 31.2. The molecule has 1 fully saturated rings. The molecule has 0 aromatic heterocycles. The molecule has 1 saturated heterocycles. The molecular weight excluding hydrogens is 546 g/mol. The first-order valence-corrected chi connectivity index (χ1v) is 14.5. The third-order valence-electron chi connectivity index (χ3n) is 7.63. The van der Waals surface area contributed by atoms with Gasteiger partial charge in [0.1, 0.15) is 23.9 Å². The second-order valence-electron chi connectivity index (χ2n) is 10.8. The van der Waals surface area contributed by atoms with Crippen molar-refractivity contribution in [2.45, 2.75) is 56.3 Å². The van der Waals surface area contributed by atoms with Gasteiger partial charge in [0, 0.05) is 26.4 Å². The van der Waals surface area contributed by atoms with Crippen LogP contribution in [0.5, 0.6) is 5.75 Å². The molecule has 4 rings (SSSR count). The molecule has 0 bridgehead atoms. The van der Waals surface area contributed by atoms with Crippen molar-refractivity contribution < 1.29 is 24.3 Å². The molecular formula is C33H39N5O5. The van der Waals surface area contributed by atoms with E-state index in [1.54, 1.807) is 12.1 Å². The van der Waals surface area contributed by atoms with Crippen LogP contribution < -0.4 is 21.7 Å². The van der Waals surface area contributed by atoms with E-state index >= 15 is 0 Å². The molecule has 4 atom stereocenters. The Morgan fingerprint density at radius 3 is 1.88 bits per heavy atom. The van der Waals surface area contributed by atoms with E-state index in [1.807, 2.05) is 60.7 Å². The number of nitrogens with two attached hydrogens (primary N) is 1. The summed E-state index contributed by atoms with van der Waals surface area (Å²) in [7, 11) is 1.51. The van der Waals surface area contributed by atoms with E-state index in [-0.39, 0.29) is 36.8 Å². The van der Waals surface area contributed by atoms with Gasteiger partial charge < -0.3 is 31.7 Å². The van der Waals surface area contributed by atoms with E-state index in [9.17, 15) is 24.3 Å². The third-order valence-corrected chi connectivity index (χ3v) is 7.63. The van der Waals surface area contributed by atoms with Crippen molar-refractivity contribution in [1.29, 1.82) is 0 Å². The number of nitrogens with zero attached hydrogens (tertiary/aromatic N) is 1. The SMILES string of the molecule is CNC(=O)C(Cc1ccccc1)NC(=O)C(Cc1ccccc1)NC(=O)C1CCCN1C(=O)C(N)Cc1ccc(O)cc1. The second kappa shape index (κ2) is 15.0. The number of phenolic OH excluding ortho intramolecular Hbond substituents is 1. The average Bonchev–Trinajstić information content (AvgIpc) is 3.52. The number of aromatic hydroxyl groups is 1. The summed E-state index contributed by atoms with van der Waals surface area (Å²) >= 11 is 0. The maximum Gasteiger partial charge on any atom is 0.243 e. The Morgan fingerprint density at radius 1 is 0.791 bits per heavy atom. The van der Waals surface area contributed by atoms with Crippen LogP contribution in [0.1, 0.15) is 29.5 Å². The number of rotatable bonds is 12. The van der Waals surface area contributed by atoms with Crippen molar-refractivity contribution in [3.63, 3.8) is 0 Å². The molecule has 4 amide bonds. The van der Waals surface area contributed by atoms with Crippen LogP contribution in [0.3, 0.4) is 0 Å². The molecule has 3 aromatic carbocycles. The van der Waals surface area contributed by atoms with Gasteiger partial charge in [0.15, 0.2) is 0 Å². The van der Waals surface area contributed by atoms with Gasteiger partial charge in [0.2, 0.25) is 23.6 Å². The zero-order valence-corrected chi connectivity index (χ0v) is 24.2. The van der Waals surface area contributed by atoms with Crippen molar-refractivity contribution in [3.05, 3.63) is 102 Å². The number of likely N-dealkylation sites (tertiary alicyclic amines) is 1. The summed E-state index contributed by atoms with van der Waals surface area (Å²) in [5.74, 6) is -1.52. The van der Waals surface area contributed by atoms with Crippen molar-refractivity contribution in [3.8, 4) is 5.75 Å². The van der Waals surface area contributed by atoms with Crippen molar-refractivity contribution in [1.82, 2.24) is 20.9 Å². The number of nitrogens with one attached hydrogen (secondary N) is 3. The van der Waals surface area contributed by atoms with Crippen LogP contribution in [-0.4, -0.2) is 71.4 Å². The van der Waals surface area contributed by atoms with Crippen molar-refractivity contribution in [2.75, 3.05) is 13.6 Å². The summed E-state index contributed by atoms with van der Waals surface area (Å²) < 4.78 is 0. The van der Waals surface area contributed by atoms with Crippen LogP contribution in [0.4, 0.5) is 0 Å². The van der Waals surface area contributed by atoms with Crippen LogP contribution in [0.25, 0.3) is 0 Å². The number of amides is 4. The van der Waals surface area contributed by atoms with Gasteiger partial charge >= 0.3 is 0 Å². The lowest BCUT2D eigenvalue weighted by molar-refractivity contribution is -0.140. The fourth-order valence-electron chi connectivity index (χ4n) is 5.32. The molecule has 0 aliphatic carbocycles. The Balaban J connectivity index is 1.48. The van der Waals surface area contributed by atoms with Crippen LogP contribution >= 0.6 is 0 Å². The number of carbonyl (C=O) groups is 4. The van der Waals surface area contributed by atoms with E-state index in [1.165, 1.54) is 24.1 Å². The number of hydrogen-bond acceptors (Lipinski definition) is 6. The summed E-state index contributed by atoms with van der Waals surface area (Å²) in [6.07, 6.45) is 1.80. The number of phenols is 1. The molecule has 43 heavy (non-hydrogen) atoms. The maximum absolute atomic E-state index is 13.6. The van der Waals surface area contributed by atoms with Gasteiger partial charge in [-0.3, -0.25) is 19.2 Å². The smallest absolute Gasteiger partial charge is 0.243 e. The molecule has 10 heteroatoms. The summed E-state index contributed by atoms with van der Waals surface area (Å²) in [6.45, 7) is 0.381. The Kier molecular flexibility index (Phi) is 10.9. The Labute approximate surface area is 251 Å². The van der Waals surface area contributed by atoms with Gasteiger partial charge in [-0.2, -0.15) is 0 Å². The molecule has 0 radical (unpaired) electrons. The Hall–Kier alpha value is -4.70. The quantitative estimate of drug-likeness (QED) is 0.217. The lowest BCUT2D eigenvalue weighted by Gasteiger charge is -2.29. The molecule has 0 spiro atoms. The minimum absolute atomic E-state index is 0.121. The number of likely N-dealkylation sites (N-methyl/N-ethyl adjacent to an activating group) is 1. The van der Waals surface area contributed by atoms with Gasteiger partial charge in [-0.1, -0.05) is 72.8 Å². The Morgan fingerprint density at radius 2 is 1.33 bits per heavy atom. The average molecular weight is 586 g/mol. The lowest BCUT2D eigenvalue weighted by atomic mass is 10.0. The molecule has 10 nitrogen and oxygen atoms in total. The van der Waals surface area contributed by atoms with Crippen molar-refractivity contribution >= 4 is 23.6 Å². The minimum atomic E-state index is -0.985. The highest BCUT2D eigenvalue weighted by molar-refractivity contribution is 5.95. The topological polar surface area (TPSA) is 154 Å². The predicted octanol–water partition coefficient (Wildman–Crippen LogP) is 1.45. The van der Waals surface area contributed by atoms with Crippen LogP contribution in [0, 0.1) is 0 Å². The largest absolute Gasteiger partial charge is 0.508 e. The van der Waals surface area contributed by atoms with Gasteiger partial charge in [-0.05, 0) is 48.1 Å². The summed E-state index contributed by atoms with van der Waals surface area (Å²) in [6, 6.07) is 21.6. The standard InChI is InChI=1S/C33H39N5O5/c1-35-30(40)27(20-22-9-4-2-5-10-22)36-31(41)28(21-23-11-6-3-7-12-23)37-32(42)29-13-8-18-38(29)33(43)26(34)19-24-14-16-25(39)17-15-24/h2-7,9-12,14-17,26-29,39H,8,13,18-21,34H2,1H3,(H,35,40)(H,36,41)(H,37,42). The van der Waals surface area contributed by atoms with E-state index < -0.39 is 36.0 Å². The lowest BCUT2D eigenvalue weighted by Crippen LogP contribution is -2.58. The monoisotopic (exact) mass is 585 g/mol. The third kappa shape index (κ3) is 8.65. The zero-order valence-electron chi connectivity index (χ0n) is 24.2. The van der Waals surface area contributed by atoms with E-state index in [4.69, 9.17) is 5.73 Å². The first-order chi connectivity index (χ1) is 20.7. The summed E-state index contributed by atoms with van der Waals surface area (Å²) in [5.41, 5.74) is 8.75. The van der Waals surface area contributed by atoms with Gasteiger partial charge in [0.25, 0.3) is 0 Å². The Bertz CT molecular complexity index is 1380. The number of benzene rings is 3. The highest BCUT2D eigenvalue weighted by atomic mass is 16.3. The summed E-state index contributed by atoms with van der Waals surface area (Å²) in [5, 5.41) is 17.8. The molecule has 4 unspecified atom stereocenters. The van der Waals surface area contributed by atoms with Crippen LogP contribution in [0.2, 0.25) is 0 Å². The highest BCUT2D eigenvalue weighted by Gasteiger charge is 2.38. The van der Waals surface area contributed by atoms with Crippen molar-refractivity contribution in [2.24, 2.45) is 5.73 Å². The molecule has 3 aromatic rings. The molecule has 1 aliphatic heterocycles. The molecule has 226 valence electrons. The molecule has 1 heterocycles. The molecule has 1 aliphatic rings. The second-order valence-corrected chi connectivity index (χ2v) is 10.8. The number of hydrogen-bond donors (Lipinski definition) is 5. The van der Waals surface area contributed by atoms with Gasteiger partial charge in [0.05, 0.1) is 6.04 Å². The minimum Gasteiger partial charge on any atom is -0.508 e. The summed E-state index contributed by atoms with van der Waals surface area (Å²) in [4.78, 5) is 54.8. The van der Waals surface area contributed by atoms with Gasteiger partial charge in [-0.15, -0.1) is 0 Å². The highest BCUT2D eigenvalue weighted by Crippen LogP contribution is 2.20. The first-order valence-electron chi connectivity index (χ1n) is 14.5. The molecule has 6 N–H and O–H groups in total. The van der Waals surface area contributed by atoms with E-state index in [0.717, 1.165) is 16.7 Å². The number of carbonyl (C=O) groups excluding carboxylic acids is 4. The fraction of sp³-hybridized carbons (Fsp3) is 0.333.